The molecular weight excluding hydrogens is 352 g/mol. The average Bonchev–Trinajstić information content (AvgIpc) is 3.17. The quantitative estimate of drug-likeness (QED) is 0.566. The van der Waals surface area contributed by atoms with Gasteiger partial charge in [0.15, 0.2) is 5.76 Å². The molecule has 0 atom stereocenters. The van der Waals surface area contributed by atoms with Crippen molar-refractivity contribution in [3.8, 4) is 11.3 Å². The van der Waals surface area contributed by atoms with Gasteiger partial charge in [0, 0.05) is 17.7 Å². The monoisotopic (exact) mass is 376 g/mol. The highest BCUT2D eigenvalue weighted by molar-refractivity contribution is 5.67. The van der Waals surface area contributed by atoms with E-state index in [4.69, 9.17) is 9.52 Å². The Balaban J connectivity index is 1.38. The molecule has 1 aromatic heterocycles. The third kappa shape index (κ3) is 4.42. The molecule has 144 valence electrons. The fourth-order valence-electron chi connectivity index (χ4n) is 3.98. The summed E-state index contributed by atoms with van der Waals surface area (Å²) in [5, 5.41) is 12.1. The average molecular weight is 376 g/mol. The number of carboxylic acid groups (broad SMARTS) is 1. The van der Waals surface area contributed by atoms with E-state index in [9.17, 15) is 4.79 Å². The lowest BCUT2D eigenvalue weighted by Gasteiger charge is -2.28. The van der Waals surface area contributed by atoms with Gasteiger partial charge in [-0.25, -0.2) is 4.98 Å². The first-order valence-electron chi connectivity index (χ1n) is 9.77. The van der Waals surface area contributed by atoms with Crippen molar-refractivity contribution >= 4 is 17.7 Å². The van der Waals surface area contributed by atoms with Gasteiger partial charge in [0.05, 0.1) is 6.20 Å². The SMILES string of the molecule is O=C(O)CC1CCC(c2ccc(-c3cnc(Nc4ccccc4)o3)cc2)CC1. The molecule has 1 fully saturated rings. The van der Waals surface area contributed by atoms with E-state index in [-0.39, 0.29) is 0 Å². The molecule has 0 amide bonds. The van der Waals surface area contributed by atoms with Crippen LogP contribution in [0.15, 0.2) is 65.2 Å². The molecule has 4 rings (SSSR count). The van der Waals surface area contributed by atoms with Crippen LogP contribution in [-0.2, 0) is 4.79 Å². The second-order valence-electron chi connectivity index (χ2n) is 7.46. The van der Waals surface area contributed by atoms with E-state index in [0.29, 0.717) is 24.3 Å². The minimum atomic E-state index is -0.680. The van der Waals surface area contributed by atoms with Crippen molar-refractivity contribution in [2.24, 2.45) is 5.92 Å². The number of oxazole rings is 1. The Morgan fingerprint density at radius 1 is 1.04 bits per heavy atom. The summed E-state index contributed by atoms with van der Waals surface area (Å²) >= 11 is 0. The molecule has 1 heterocycles. The van der Waals surface area contributed by atoms with Gasteiger partial charge in [0.1, 0.15) is 0 Å². The van der Waals surface area contributed by atoms with Gasteiger partial charge in [0.2, 0.25) is 0 Å². The lowest BCUT2D eigenvalue weighted by atomic mass is 9.77. The van der Waals surface area contributed by atoms with Gasteiger partial charge in [-0.1, -0.05) is 42.5 Å². The first-order chi connectivity index (χ1) is 13.7. The predicted molar refractivity (Wildman–Crippen MR) is 109 cm³/mol. The summed E-state index contributed by atoms with van der Waals surface area (Å²) < 4.78 is 5.83. The maximum absolute atomic E-state index is 10.9. The number of aromatic nitrogens is 1. The molecule has 5 nitrogen and oxygen atoms in total. The minimum Gasteiger partial charge on any atom is -0.481 e. The number of rotatable bonds is 6. The van der Waals surface area contributed by atoms with E-state index in [1.165, 1.54) is 5.56 Å². The van der Waals surface area contributed by atoms with Crippen molar-refractivity contribution in [3.05, 3.63) is 66.4 Å². The van der Waals surface area contributed by atoms with Gasteiger partial charge in [0.25, 0.3) is 6.01 Å². The Labute approximate surface area is 164 Å². The Kier molecular flexibility index (Phi) is 5.42. The molecular formula is C23H24N2O3. The minimum absolute atomic E-state index is 0.302. The molecule has 2 N–H and O–H groups in total. The van der Waals surface area contributed by atoms with E-state index in [1.54, 1.807) is 6.20 Å². The third-order valence-corrected chi connectivity index (χ3v) is 5.51. The zero-order valence-corrected chi connectivity index (χ0v) is 15.7. The highest BCUT2D eigenvalue weighted by atomic mass is 16.4. The van der Waals surface area contributed by atoms with Crippen LogP contribution in [0.4, 0.5) is 11.7 Å². The van der Waals surface area contributed by atoms with Crippen LogP contribution >= 0.6 is 0 Å². The molecule has 0 unspecified atom stereocenters. The van der Waals surface area contributed by atoms with Gasteiger partial charge in [-0.05, 0) is 55.2 Å². The maximum Gasteiger partial charge on any atom is 0.303 e. The molecule has 0 saturated heterocycles. The summed E-state index contributed by atoms with van der Waals surface area (Å²) in [6, 6.07) is 18.7. The molecule has 28 heavy (non-hydrogen) atoms. The summed E-state index contributed by atoms with van der Waals surface area (Å²) in [4.78, 5) is 15.2. The van der Waals surface area contributed by atoms with Crippen molar-refractivity contribution in [1.29, 1.82) is 0 Å². The number of carbonyl (C=O) groups is 1. The first kappa shape index (κ1) is 18.3. The highest BCUT2D eigenvalue weighted by Crippen LogP contribution is 2.37. The fraction of sp³-hybridized carbons (Fsp3) is 0.304. The van der Waals surface area contributed by atoms with Crippen LogP contribution in [0.1, 0.15) is 43.6 Å². The summed E-state index contributed by atoms with van der Waals surface area (Å²) in [7, 11) is 0. The zero-order valence-electron chi connectivity index (χ0n) is 15.7. The number of carboxylic acids is 1. The van der Waals surface area contributed by atoms with Crippen LogP contribution in [0.5, 0.6) is 0 Å². The van der Waals surface area contributed by atoms with Gasteiger partial charge in [-0.2, -0.15) is 0 Å². The molecule has 3 aromatic rings. The van der Waals surface area contributed by atoms with Crippen LogP contribution in [0.25, 0.3) is 11.3 Å². The molecule has 0 radical (unpaired) electrons. The predicted octanol–water partition coefficient (Wildman–Crippen LogP) is 5.83. The van der Waals surface area contributed by atoms with Gasteiger partial charge >= 0.3 is 5.97 Å². The molecule has 1 aliphatic carbocycles. The van der Waals surface area contributed by atoms with E-state index < -0.39 is 5.97 Å². The van der Waals surface area contributed by atoms with Crippen LogP contribution in [0, 0.1) is 5.92 Å². The van der Waals surface area contributed by atoms with Crippen molar-refractivity contribution in [2.45, 2.75) is 38.0 Å². The summed E-state index contributed by atoms with van der Waals surface area (Å²) in [6.07, 6.45) is 6.15. The van der Waals surface area contributed by atoms with E-state index in [1.807, 2.05) is 30.3 Å². The molecule has 5 heteroatoms. The third-order valence-electron chi connectivity index (χ3n) is 5.51. The smallest absolute Gasteiger partial charge is 0.303 e. The number of hydrogen-bond acceptors (Lipinski definition) is 4. The number of para-hydroxylation sites is 1. The zero-order chi connectivity index (χ0) is 19.3. The van der Waals surface area contributed by atoms with Crippen LogP contribution in [0.2, 0.25) is 0 Å². The molecule has 0 aliphatic heterocycles. The number of benzene rings is 2. The lowest BCUT2D eigenvalue weighted by Crippen LogP contribution is -2.16. The maximum atomic E-state index is 10.9. The number of aliphatic carboxylic acids is 1. The summed E-state index contributed by atoms with van der Waals surface area (Å²) in [6.45, 7) is 0. The molecule has 0 spiro atoms. The number of hydrogen-bond donors (Lipinski definition) is 2. The Morgan fingerprint density at radius 3 is 2.43 bits per heavy atom. The number of nitrogens with one attached hydrogen (secondary N) is 1. The molecule has 1 aliphatic rings. The highest BCUT2D eigenvalue weighted by Gasteiger charge is 2.24. The first-order valence-corrected chi connectivity index (χ1v) is 9.77. The van der Waals surface area contributed by atoms with Crippen molar-refractivity contribution in [3.63, 3.8) is 0 Å². The van der Waals surface area contributed by atoms with Crippen LogP contribution in [-0.4, -0.2) is 16.1 Å². The molecule has 1 saturated carbocycles. The van der Waals surface area contributed by atoms with Crippen molar-refractivity contribution in [2.75, 3.05) is 5.32 Å². The van der Waals surface area contributed by atoms with Crippen LogP contribution < -0.4 is 5.32 Å². The number of nitrogens with zero attached hydrogens (tertiary/aromatic N) is 1. The van der Waals surface area contributed by atoms with E-state index in [0.717, 1.165) is 42.7 Å². The molecule has 2 aromatic carbocycles. The Bertz CT molecular complexity index is 911. The number of anilines is 2. The van der Waals surface area contributed by atoms with Crippen molar-refractivity contribution < 1.29 is 14.3 Å². The summed E-state index contributed by atoms with van der Waals surface area (Å²) in [5.41, 5.74) is 3.25. The van der Waals surface area contributed by atoms with E-state index in [2.05, 4.69) is 34.6 Å². The Hall–Kier alpha value is -3.08. The lowest BCUT2D eigenvalue weighted by molar-refractivity contribution is -0.138. The van der Waals surface area contributed by atoms with Gasteiger partial charge in [-0.3, -0.25) is 4.79 Å². The second kappa shape index (κ2) is 8.30. The Morgan fingerprint density at radius 2 is 1.75 bits per heavy atom. The van der Waals surface area contributed by atoms with Gasteiger partial charge in [-0.15, -0.1) is 0 Å². The normalized spacial score (nSPS) is 19.3. The largest absolute Gasteiger partial charge is 0.481 e. The van der Waals surface area contributed by atoms with E-state index >= 15 is 0 Å². The van der Waals surface area contributed by atoms with Crippen molar-refractivity contribution in [1.82, 2.24) is 4.98 Å². The second-order valence-corrected chi connectivity index (χ2v) is 7.46. The van der Waals surface area contributed by atoms with Gasteiger partial charge < -0.3 is 14.8 Å². The standard InChI is InChI=1S/C23H24N2O3/c26-22(27)14-16-6-8-17(9-7-16)18-10-12-19(13-11-18)21-15-24-23(28-21)25-20-4-2-1-3-5-20/h1-5,10-13,15-17H,6-9,14H2,(H,24,25)(H,26,27). The van der Waals surface area contributed by atoms with Crippen LogP contribution in [0.3, 0.4) is 0 Å². The molecule has 0 bridgehead atoms. The summed E-state index contributed by atoms with van der Waals surface area (Å²) in [5.74, 6) is 0.901. The topological polar surface area (TPSA) is 75.4 Å². The fourth-order valence-corrected chi connectivity index (χ4v) is 3.98.